The Kier molecular flexibility index (Phi) is 2.69. The van der Waals surface area contributed by atoms with Crippen molar-refractivity contribution in [2.75, 3.05) is 14.1 Å². The minimum Gasteiger partial charge on any atom is -0.384 e. The van der Waals surface area contributed by atoms with Gasteiger partial charge in [0.1, 0.15) is 5.84 Å². The highest BCUT2D eigenvalue weighted by Crippen LogP contribution is 1.74. The van der Waals surface area contributed by atoms with E-state index in [1.807, 2.05) is 19.0 Å². The zero-order valence-corrected chi connectivity index (χ0v) is 5.18. The lowest BCUT2D eigenvalue weighted by Crippen LogP contribution is -2.08. The highest BCUT2D eigenvalue weighted by molar-refractivity contribution is 5.88. The molecule has 0 aromatic heterocycles. The van der Waals surface area contributed by atoms with E-state index in [1.165, 1.54) is 6.08 Å². The molecule has 0 heterocycles. The first-order valence-corrected chi connectivity index (χ1v) is 2.31. The number of rotatable bonds is 2. The Labute approximate surface area is 49.3 Å². The molecule has 0 spiro atoms. The molecule has 0 radical (unpaired) electrons. The molecule has 3 N–H and O–H groups in total. The summed E-state index contributed by atoms with van der Waals surface area (Å²) in [6.45, 7) is 0. The number of amidine groups is 1. The summed E-state index contributed by atoms with van der Waals surface area (Å²) >= 11 is 0. The summed E-state index contributed by atoms with van der Waals surface area (Å²) < 4.78 is 0. The van der Waals surface area contributed by atoms with Crippen LogP contribution in [-0.2, 0) is 0 Å². The van der Waals surface area contributed by atoms with E-state index in [4.69, 9.17) is 11.1 Å². The van der Waals surface area contributed by atoms with Crippen molar-refractivity contribution in [1.29, 1.82) is 5.41 Å². The molecule has 0 unspecified atom stereocenters. The monoisotopic (exact) mass is 113 g/mol. The van der Waals surface area contributed by atoms with E-state index >= 15 is 0 Å². The molecule has 0 aromatic rings. The van der Waals surface area contributed by atoms with E-state index < -0.39 is 0 Å². The zero-order valence-electron chi connectivity index (χ0n) is 5.18. The molecular formula is C5H11N3. The second-order valence-electron chi connectivity index (χ2n) is 1.73. The number of nitrogens with zero attached hydrogens (tertiary/aromatic N) is 1. The normalized spacial score (nSPS) is 9.75. The summed E-state index contributed by atoms with van der Waals surface area (Å²) in [7, 11) is 3.75. The van der Waals surface area contributed by atoms with Crippen LogP contribution in [0.2, 0.25) is 0 Å². The van der Waals surface area contributed by atoms with Gasteiger partial charge in [-0.1, -0.05) is 0 Å². The van der Waals surface area contributed by atoms with Crippen molar-refractivity contribution in [3.8, 4) is 0 Å². The van der Waals surface area contributed by atoms with Crippen molar-refractivity contribution in [3.05, 3.63) is 12.3 Å². The Hall–Kier alpha value is -0.990. The predicted octanol–water partition coefficient (Wildman–Crippen LogP) is -0.00233. The van der Waals surface area contributed by atoms with Crippen LogP contribution in [0.25, 0.3) is 0 Å². The van der Waals surface area contributed by atoms with Crippen molar-refractivity contribution in [2.45, 2.75) is 0 Å². The predicted molar refractivity (Wildman–Crippen MR) is 34.7 cm³/mol. The Bertz CT molecular complexity index is 104. The van der Waals surface area contributed by atoms with Crippen molar-refractivity contribution in [1.82, 2.24) is 4.90 Å². The number of hydrogen-bond acceptors (Lipinski definition) is 2. The van der Waals surface area contributed by atoms with Crippen LogP contribution in [0.4, 0.5) is 0 Å². The third-order valence-corrected chi connectivity index (χ3v) is 0.552. The topological polar surface area (TPSA) is 53.1 Å². The van der Waals surface area contributed by atoms with E-state index in [1.54, 1.807) is 6.20 Å². The van der Waals surface area contributed by atoms with Gasteiger partial charge in [0.2, 0.25) is 0 Å². The Morgan fingerprint density at radius 1 is 1.62 bits per heavy atom. The lowest BCUT2D eigenvalue weighted by molar-refractivity contribution is 0.564. The maximum absolute atomic E-state index is 6.75. The SMILES string of the molecule is CN(C)/C=C\C(=N)N. The van der Waals surface area contributed by atoms with Gasteiger partial charge in [0.15, 0.2) is 0 Å². The lowest BCUT2D eigenvalue weighted by Gasteiger charge is -2.01. The fourth-order valence-electron chi connectivity index (χ4n) is 0.229. The summed E-state index contributed by atoms with van der Waals surface area (Å²) in [5.41, 5.74) is 5.01. The van der Waals surface area contributed by atoms with Crippen LogP contribution in [0.1, 0.15) is 0 Å². The maximum Gasteiger partial charge on any atom is 0.116 e. The van der Waals surface area contributed by atoms with Gasteiger partial charge in [-0.2, -0.15) is 0 Å². The average Bonchev–Trinajstić information content (AvgIpc) is 1.61. The van der Waals surface area contributed by atoms with E-state index in [0.717, 1.165) is 0 Å². The smallest absolute Gasteiger partial charge is 0.116 e. The van der Waals surface area contributed by atoms with Crippen LogP contribution in [0, 0.1) is 5.41 Å². The van der Waals surface area contributed by atoms with Gasteiger partial charge in [-0.15, -0.1) is 0 Å². The van der Waals surface area contributed by atoms with Gasteiger partial charge >= 0.3 is 0 Å². The van der Waals surface area contributed by atoms with Crippen LogP contribution < -0.4 is 5.73 Å². The van der Waals surface area contributed by atoms with Gasteiger partial charge in [-0.3, -0.25) is 5.41 Å². The summed E-state index contributed by atoms with van der Waals surface area (Å²) in [6, 6.07) is 0. The van der Waals surface area contributed by atoms with Crippen LogP contribution >= 0.6 is 0 Å². The van der Waals surface area contributed by atoms with Crippen molar-refractivity contribution in [3.63, 3.8) is 0 Å². The van der Waals surface area contributed by atoms with Crippen molar-refractivity contribution in [2.24, 2.45) is 5.73 Å². The van der Waals surface area contributed by atoms with E-state index in [2.05, 4.69) is 0 Å². The molecule has 0 aliphatic carbocycles. The van der Waals surface area contributed by atoms with Crippen molar-refractivity contribution < 1.29 is 0 Å². The maximum atomic E-state index is 6.75. The lowest BCUT2D eigenvalue weighted by atomic mass is 10.5. The van der Waals surface area contributed by atoms with Crippen LogP contribution in [0.5, 0.6) is 0 Å². The second kappa shape index (κ2) is 3.07. The Morgan fingerprint density at radius 2 is 2.12 bits per heavy atom. The number of hydrogen-bond donors (Lipinski definition) is 2. The molecule has 3 nitrogen and oxygen atoms in total. The number of nitrogens with one attached hydrogen (secondary N) is 1. The second-order valence-corrected chi connectivity index (χ2v) is 1.73. The van der Waals surface area contributed by atoms with E-state index in [0.29, 0.717) is 0 Å². The molecule has 0 saturated carbocycles. The minimum absolute atomic E-state index is 0.0821. The first-order valence-electron chi connectivity index (χ1n) is 2.31. The average molecular weight is 113 g/mol. The van der Waals surface area contributed by atoms with Gasteiger partial charge in [-0.05, 0) is 6.08 Å². The molecule has 0 aliphatic rings. The largest absolute Gasteiger partial charge is 0.384 e. The third-order valence-electron chi connectivity index (χ3n) is 0.552. The van der Waals surface area contributed by atoms with Crippen LogP contribution in [0.3, 0.4) is 0 Å². The standard InChI is InChI=1S/C5H11N3/c1-8(2)4-3-5(6)7/h3-4H,1-2H3,(H3,6,7)/b4-3-. The van der Waals surface area contributed by atoms with Gasteiger partial charge in [0, 0.05) is 20.3 Å². The zero-order chi connectivity index (χ0) is 6.57. The first kappa shape index (κ1) is 7.01. The Morgan fingerprint density at radius 3 is 2.25 bits per heavy atom. The molecule has 0 amide bonds. The van der Waals surface area contributed by atoms with Gasteiger partial charge in [0.25, 0.3) is 0 Å². The minimum atomic E-state index is 0.0821. The van der Waals surface area contributed by atoms with Crippen molar-refractivity contribution >= 4 is 5.84 Å². The molecule has 0 aliphatic heterocycles. The number of nitrogens with two attached hydrogens (primary N) is 1. The summed E-state index contributed by atoms with van der Waals surface area (Å²) in [6.07, 6.45) is 3.25. The molecule has 0 fully saturated rings. The van der Waals surface area contributed by atoms with Gasteiger partial charge in [0.05, 0.1) is 0 Å². The van der Waals surface area contributed by atoms with Crippen LogP contribution in [0.15, 0.2) is 12.3 Å². The van der Waals surface area contributed by atoms with E-state index in [-0.39, 0.29) is 5.84 Å². The molecule has 8 heavy (non-hydrogen) atoms. The first-order chi connectivity index (χ1) is 3.63. The highest BCUT2D eigenvalue weighted by Gasteiger charge is 1.76. The third kappa shape index (κ3) is 5.01. The molecule has 3 heteroatoms. The summed E-state index contributed by atoms with van der Waals surface area (Å²) in [5, 5.41) is 6.75. The summed E-state index contributed by atoms with van der Waals surface area (Å²) in [4.78, 5) is 1.82. The Balaban J connectivity index is 3.50. The van der Waals surface area contributed by atoms with Gasteiger partial charge in [-0.25, -0.2) is 0 Å². The quantitative estimate of drug-likeness (QED) is 0.391. The fourth-order valence-corrected chi connectivity index (χ4v) is 0.229. The van der Waals surface area contributed by atoms with Crippen LogP contribution in [-0.4, -0.2) is 24.8 Å². The molecule has 0 aromatic carbocycles. The highest BCUT2D eigenvalue weighted by atomic mass is 15.0. The molecule has 0 rings (SSSR count). The molecular weight excluding hydrogens is 102 g/mol. The fraction of sp³-hybridized carbons (Fsp3) is 0.400. The van der Waals surface area contributed by atoms with E-state index in [9.17, 15) is 0 Å². The molecule has 0 atom stereocenters. The molecule has 0 bridgehead atoms. The molecule has 0 saturated heterocycles. The summed E-state index contributed by atoms with van der Waals surface area (Å²) in [5.74, 6) is 0.0821. The van der Waals surface area contributed by atoms with Gasteiger partial charge < -0.3 is 10.6 Å². The molecule has 46 valence electrons.